The number of carbonyl (C=O) groups excluding carboxylic acids is 1. The zero-order chi connectivity index (χ0) is 22.1. The first kappa shape index (κ1) is 21.1. The maximum Gasteiger partial charge on any atom is 0.283 e. The largest absolute Gasteiger partial charge is 0.353 e. The van der Waals surface area contributed by atoms with E-state index in [-0.39, 0.29) is 17.2 Å². The number of aromatic amines is 1. The highest BCUT2D eigenvalue weighted by molar-refractivity contribution is 7.99. The van der Waals surface area contributed by atoms with Crippen LogP contribution in [0.5, 0.6) is 0 Å². The monoisotopic (exact) mass is 456 g/mol. The summed E-state index contributed by atoms with van der Waals surface area (Å²) in [5.74, 6) is -0.690. The molecule has 0 aliphatic heterocycles. The van der Waals surface area contributed by atoms with Crippen LogP contribution in [0.1, 0.15) is 11.3 Å². The number of anilines is 1. The zero-order valence-corrected chi connectivity index (χ0v) is 18.3. The van der Waals surface area contributed by atoms with E-state index in [1.165, 1.54) is 28.8 Å². The van der Waals surface area contributed by atoms with Gasteiger partial charge in [0.1, 0.15) is 11.3 Å². The second-order valence-corrected chi connectivity index (χ2v) is 8.34. The fourth-order valence-corrected chi connectivity index (χ4v) is 4.27. The van der Waals surface area contributed by atoms with Crippen molar-refractivity contribution in [3.63, 3.8) is 0 Å². The van der Waals surface area contributed by atoms with E-state index in [1.807, 2.05) is 26.0 Å². The number of benzene rings is 2. The van der Waals surface area contributed by atoms with Gasteiger partial charge in [-0.2, -0.15) is 0 Å². The molecule has 0 aliphatic rings. The normalized spacial score (nSPS) is 11.1. The molecule has 6 nitrogen and oxygen atoms in total. The Labute approximate surface area is 186 Å². The number of amides is 1. The minimum absolute atomic E-state index is 0.00715. The fourth-order valence-electron chi connectivity index (χ4n) is 3.19. The van der Waals surface area contributed by atoms with Crippen molar-refractivity contribution in [3.8, 4) is 5.69 Å². The molecule has 0 saturated heterocycles. The van der Waals surface area contributed by atoms with Crippen molar-refractivity contribution in [1.82, 2.24) is 14.5 Å². The van der Waals surface area contributed by atoms with Crippen molar-refractivity contribution in [3.05, 3.63) is 81.0 Å². The van der Waals surface area contributed by atoms with Crippen LogP contribution in [0.15, 0.2) is 58.5 Å². The predicted octanol–water partition coefficient (Wildman–Crippen LogP) is 4.85. The number of hydrogen-bond acceptors (Lipinski definition) is 4. The van der Waals surface area contributed by atoms with E-state index in [2.05, 4.69) is 15.3 Å². The van der Waals surface area contributed by atoms with Crippen LogP contribution in [-0.2, 0) is 4.79 Å². The Balaban J connectivity index is 1.68. The Kier molecular flexibility index (Phi) is 5.84. The SMILES string of the molecule is Cc1cc2nc(SCC(=O)Nc3c(C)cccc3Cl)n(-c3ccc(F)cc3)c(=O)c2[nH]1. The Morgan fingerprint density at radius 3 is 2.68 bits per heavy atom. The predicted molar refractivity (Wildman–Crippen MR) is 122 cm³/mol. The first-order chi connectivity index (χ1) is 14.8. The molecule has 158 valence electrons. The summed E-state index contributed by atoms with van der Waals surface area (Å²) in [5, 5.41) is 3.58. The lowest BCUT2D eigenvalue weighted by Crippen LogP contribution is -2.23. The Hall–Kier alpha value is -3.10. The fraction of sp³-hybridized carbons (Fsp3) is 0.136. The van der Waals surface area contributed by atoms with E-state index in [4.69, 9.17) is 11.6 Å². The average Bonchev–Trinajstić information content (AvgIpc) is 3.11. The molecule has 2 heterocycles. The number of aromatic nitrogens is 3. The zero-order valence-electron chi connectivity index (χ0n) is 16.7. The summed E-state index contributed by atoms with van der Waals surface area (Å²) in [5.41, 5.74) is 3.17. The lowest BCUT2D eigenvalue weighted by atomic mass is 10.2. The summed E-state index contributed by atoms with van der Waals surface area (Å²) in [7, 11) is 0. The van der Waals surface area contributed by atoms with Crippen molar-refractivity contribution in [2.75, 3.05) is 11.1 Å². The molecule has 0 bridgehead atoms. The van der Waals surface area contributed by atoms with Crippen molar-refractivity contribution in [2.24, 2.45) is 0 Å². The van der Waals surface area contributed by atoms with Crippen molar-refractivity contribution in [2.45, 2.75) is 19.0 Å². The van der Waals surface area contributed by atoms with Crippen LogP contribution in [0.25, 0.3) is 16.7 Å². The van der Waals surface area contributed by atoms with Crippen LogP contribution in [-0.4, -0.2) is 26.2 Å². The van der Waals surface area contributed by atoms with E-state index in [9.17, 15) is 14.0 Å². The van der Waals surface area contributed by atoms with Gasteiger partial charge in [-0.15, -0.1) is 0 Å². The summed E-state index contributed by atoms with van der Waals surface area (Å²) in [6.45, 7) is 3.68. The summed E-state index contributed by atoms with van der Waals surface area (Å²) in [6.07, 6.45) is 0. The highest BCUT2D eigenvalue weighted by atomic mass is 35.5. The third-order valence-electron chi connectivity index (χ3n) is 4.66. The number of halogens is 2. The van der Waals surface area contributed by atoms with Gasteiger partial charge in [0.2, 0.25) is 5.91 Å². The second-order valence-electron chi connectivity index (χ2n) is 6.99. The third-order valence-corrected chi connectivity index (χ3v) is 5.91. The van der Waals surface area contributed by atoms with E-state index < -0.39 is 5.82 Å². The van der Waals surface area contributed by atoms with E-state index in [0.717, 1.165) is 23.0 Å². The molecule has 0 saturated carbocycles. The van der Waals surface area contributed by atoms with Gasteiger partial charge < -0.3 is 10.3 Å². The molecule has 31 heavy (non-hydrogen) atoms. The lowest BCUT2D eigenvalue weighted by Gasteiger charge is -2.13. The van der Waals surface area contributed by atoms with Gasteiger partial charge in [-0.3, -0.25) is 14.2 Å². The Morgan fingerprint density at radius 2 is 1.97 bits per heavy atom. The van der Waals surface area contributed by atoms with Crippen molar-refractivity contribution < 1.29 is 9.18 Å². The van der Waals surface area contributed by atoms with Crippen LogP contribution >= 0.6 is 23.4 Å². The molecule has 0 spiro atoms. The number of carbonyl (C=O) groups is 1. The summed E-state index contributed by atoms with van der Waals surface area (Å²) in [6, 6.07) is 12.7. The van der Waals surface area contributed by atoms with E-state index >= 15 is 0 Å². The molecule has 0 aliphatic carbocycles. The number of para-hydroxylation sites is 1. The molecular weight excluding hydrogens is 439 g/mol. The van der Waals surface area contributed by atoms with Gasteiger partial charge in [0.25, 0.3) is 5.56 Å². The first-order valence-electron chi connectivity index (χ1n) is 9.39. The number of thioether (sulfide) groups is 1. The molecule has 0 fully saturated rings. The quantitative estimate of drug-likeness (QED) is 0.332. The highest BCUT2D eigenvalue weighted by Gasteiger charge is 2.17. The number of nitrogens with zero attached hydrogens (tertiary/aromatic N) is 2. The lowest BCUT2D eigenvalue weighted by molar-refractivity contribution is -0.113. The average molecular weight is 457 g/mol. The first-order valence-corrected chi connectivity index (χ1v) is 10.8. The van der Waals surface area contributed by atoms with Crippen molar-refractivity contribution >= 4 is 46.0 Å². The van der Waals surface area contributed by atoms with Crippen LogP contribution < -0.4 is 10.9 Å². The summed E-state index contributed by atoms with van der Waals surface area (Å²) < 4.78 is 14.8. The Morgan fingerprint density at radius 1 is 1.23 bits per heavy atom. The second kappa shape index (κ2) is 8.56. The number of nitrogens with one attached hydrogen (secondary N) is 2. The van der Waals surface area contributed by atoms with E-state index in [0.29, 0.717) is 32.6 Å². The van der Waals surface area contributed by atoms with Gasteiger partial charge in [0, 0.05) is 5.69 Å². The topological polar surface area (TPSA) is 79.8 Å². The van der Waals surface area contributed by atoms with Crippen LogP contribution in [0, 0.1) is 19.7 Å². The standard InChI is InChI=1S/C22H18ClFN4O2S/c1-12-4-3-5-16(23)19(12)27-18(29)11-31-22-26-17-10-13(2)25-20(17)21(30)28(22)15-8-6-14(24)7-9-15/h3-10,25H,11H2,1-2H3,(H,27,29). The van der Waals surface area contributed by atoms with Gasteiger partial charge in [-0.05, 0) is 55.8 Å². The van der Waals surface area contributed by atoms with E-state index in [1.54, 1.807) is 12.1 Å². The molecule has 4 rings (SSSR count). The number of fused-ring (bicyclic) bond motifs is 1. The maximum absolute atomic E-state index is 13.4. The maximum atomic E-state index is 13.4. The van der Waals surface area contributed by atoms with Gasteiger partial charge in [-0.1, -0.05) is 35.5 Å². The highest BCUT2D eigenvalue weighted by Crippen LogP contribution is 2.26. The van der Waals surface area contributed by atoms with Gasteiger partial charge >= 0.3 is 0 Å². The molecule has 0 atom stereocenters. The molecule has 2 aromatic heterocycles. The molecular formula is C22H18ClFN4O2S. The van der Waals surface area contributed by atoms with Crippen LogP contribution in [0.4, 0.5) is 10.1 Å². The number of hydrogen-bond donors (Lipinski definition) is 2. The molecule has 0 radical (unpaired) electrons. The number of H-pyrrole nitrogens is 1. The van der Waals surface area contributed by atoms with Gasteiger partial charge in [-0.25, -0.2) is 9.37 Å². The van der Waals surface area contributed by atoms with Gasteiger partial charge in [0.05, 0.1) is 27.7 Å². The summed E-state index contributed by atoms with van der Waals surface area (Å²) in [4.78, 5) is 33.3. The van der Waals surface area contributed by atoms with Crippen LogP contribution in [0.3, 0.4) is 0 Å². The smallest absolute Gasteiger partial charge is 0.283 e. The molecule has 9 heteroatoms. The number of aryl methyl sites for hydroxylation is 2. The minimum atomic E-state index is -0.412. The summed E-state index contributed by atoms with van der Waals surface area (Å²) >= 11 is 7.30. The molecule has 4 aromatic rings. The number of rotatable bonds is 5. The molecule has 1 amide bonds. The molecule has 2 N–H and O–H groups in total. The third kappa shape index (κ3) is 4.35. The minimum Gasteiger partial charge on any atom is -0.353 e. The van der Waals surface area contributed by atoms with Crippen molar-refractivity contribution in [1.29, 1.82) is 0 Å². The Bertz CT molecular complexity index is 1330. The molecule has 0 unspecified atom stereocenters. The molecule has 2 aromatic carbocycles. The van der Waals surface area contributed by atoms with Crippen LogP contribution in [0.2, 0.25) is 5.02 Å². The van der Waals surface area contributed by atoms with Gasteiger partial charge in [0.15, 0.2) is 5.16 Å².